The first-order chi connectivity index (χ1) is 5.66. The highest BCUT2D eigenvalue weighted by Crippen LogP contribution is 2.26. The zero-order valence-corrected chi connectivity index (χ0v) is 7.37. The Morgan fingerprint density at radius 2 is 2.17 bits per heavy atom. The molecule has 0 aliphatic rings. The van der Waals surface area contributed by atoms with Crippen LogP contribution in [0, 0.1) is 10.1 Å². The first-order valence-electron chi connectivity index (χ1n) is 2.98. The number of carbonyl (C=O) groups excluding carboxylic acids is 1. The van der Waals surface area contributed by atoms with E-state index in [4.69, 9.17) is 0 Å². The maximum absolute atomic E-state index is 10.3. The molecule has 4 nitrogen and oxygen atoms in total. The molecule has 0 unspecified atom stereocenters. The topological polar surface area (TPSA) is 60.2 Å². The van der Waals surface area contributed by atoms with Gasteiger partial charge >= 0.3 is 0 Å². The van der Waals surface area contributed by atoms with Gasteiger partial charge in [0.05, 0.1) is 4.92 Å². The molecule has 0 heterocycles. The summed E-state index contributed by atoms with van der Waals surface area (Å²) in [6.45, 7) is 0. The average molecular weight is 229 g/mol. The minimum absolute atomic E-state index is 0.129. The van der Waals surface area contributed by atoms with E-state index in [9.17, 15) is 14.9 Å². The monoisotopic (exact) mass is 228 g/mol. The van der Waals surface area contributed by atoms with E-state index in [1.54, 1.807) is 6.29 Å². The molecule has 0 N–H and O–H groups in total. The Morgan fingerprint density at radius 1 is 1.50 bits per heavy atom. The highest BCUT2D eigenvalue weighted by molar-refractivity contribution is 9.10. The molecular weight excluding hydrogens is 226 g/mol. The Morgan fingerprint density at radius 3 is 2.67 bits per heavy atom. The molecule has 1 rings (SSSR count). The van der Waals surface area contributed by atoms with Crippen LogP contribution in [0.15, 0.2) is 22.7 Å². The van der Waals surface area contributed by atoms with Gasteiger partial charge in [-0.1, -0.05) is 6.07 Å². The van der Waals surface area contributed by atoms with Crippen LogP contribution in [-0.4, -0.2) is 11.2 Å². The number of rotatable bonds is 2. The third-order valence-corrected chi connectivity index (χ3v) is 2.12. The van der Waals surface area contributed by atoms with E-state index in [2.05, 4.69) is 15.9 Å². The lowest BCUT2D eigenvalue weighted by atomic mass is 10.2. The van der Waals surface area contributed by atoms with Crippen LogP contribution in [0.3, 0.4) is 0 Å². The van der Waals surface area contributed by atoms with Crippen molar-refractivity contribution in [2.24, 2.45) is 0 Å². The second kappa shape index (κ2) is 3.44. The van der Waals surface area contributed by atoms with Gasteiger partial charge in [-0.15, -0.1) is 0 Å². The summed E-state index contributed by atoms with van der Waals surface area (Å²) in [6, 6.07) is 4.19. The zero-order chi connectivity index (χ0) is 9.14. The first-order valence-corrected chi connectivity index (χ1v) is 3.77. The minimum atomic E-state index is -0.565. The van der Waals surface area contributed by atoms with E-state index in [1.165, 1.54) is 18.2 Å². The van der Waals surface area contributed by atoms with Crippen molar-refractivity contribution in [3.63, 3.8) is 0 Å². The first kappa shape index (κ1) is 8.86. The van der Waals surface area contributed by atoms with Crippen LogP contribution in [0.2, 0.25) is 0 Å². The summed E-state index contributed by atoms with van der Waals surface area (Å²) in [5.74, 6) is 0. The molecule has 0 aliphatic carbocycles. The van der Waals surface area contributed by atoms with Crippen LogP contribution in [0.5, 0.6) is 0 Å². The smallest absolute Gasteiger partial charge is 0.284 e. The van der Waals surface area contributed by atoms with Crippen LogP contribution in [0.1, 0.15) is 5.56 Å². The van der Waals surface area contributed by atoms with Gasteiger partial charge in [0.25, 0.3) is 5.69 Å². The maximum Gasteiger partial charge on any atom is 0.284 e. The van der Waals surface area contributed by atoms with Gasteiger partial charge in [0.2, 0.25) is 6.29 Å². The SMILES string of the molecule is O=[C]c1cccc([N+](=O)[O-])c1Br. The molecule has 0 saturated heterocycles. The van der Waals surface area contributed by atoms with Gasteiger partial charge in [0.15, 0.2) is 0 Å². The van der Waals surface area contributed by atoms with E-state index >= 15 is 0 Å². The lowest BCUT2D eigenvalue weighted by Gasteiger charge is -1.95. The van der Waals surface area contributed by atoms with E-state index in [0.717, 1.165) is 0 Å². The summed E-state index contributed by atoms with van der Waals surface area (Å²) in [5, 5.41) is 10.3. The summed E-state index contributed by atoms with van der Waals surface area (Å²) < 4.78 is 0.171. The number of nitrogens with zero attached hydrogens (tertiary/aromatic N) is 1. The van der Waals surface area contributed by atoms with Crippen LogP contribution in [-0.2, 0) is 4.79 Å². The second-order valence-corrected chi connectivity index (χ2v) is 2.79. The van der Waals surface area contributed by atoms with Crippen molar-refractivity contribution in [3.8, 4) is 0 Å². The summed E-state index contributed by atoms with van der Waals surface area (Å²) in [5.41, 5.74) is 0.0278. The van der Waals surface area contributed by atoms with Gasteiger partial charge < -0.3 is 0 Å². The number of nitro benzene ring substituents is 1. The number of halogens is 1. The fourth-order valence-corrected chi connectivity index (χ4v) is 1.23. The van der Waals surface area contributed by atoms with Gasteiger partial charge in [-0.2, -0.15) is 0 Å². The molecule has 1 radical (unpaired) electrons. The molecule has 0 saturated carbocycles. The third-order valence-electron chi connectivity index (χ3n) is 1.28. The molecule has 0 bridgehead atoms. The molecule has 0 fully saturated rings. The van der Waals surface area contributed by atoms with E-state index in [1.807, 2.05) is 0 Å². The van der Waals surface area contributed by atoms with Crippen LogP contribution in [0.25, 0.3) is 0 Å². The summed E-state index contributed by atoms with van der Waals surface area (Å²) >= 11 is 2.94. The Kier molecular flexibility index (Phi) is 2.54. The van der Waals surface area contributed by atoms with Crippen molar-refractivity contribution in [2.75, 3.05) is 0 Å². The molecule has 61 valence electrons. The van der Waals surface area contributed by atoms with Crippen molar-refractivity contribution in [1.82, 2.24) is 0 Å². The van der Waals surface area contributed by atoms with Crippen molar-refractivity contribution < 1.29 is 9.72 Å². The van der Waals surface area contributed by atoms with Crippen molar-refractivity contribution in [2.45, 2.75) is 0 Å². The van der Waals surface area contributed by atoms with Crippen molar-refractivity contribution in [1.29, 1.82) is 0 Å². The summed E-state index contributed by atoms with van der Waals surface area (Å²) in [7, 11) is 0. The van der Waals surface area contributed by atoms with E-state index < -0.39 is 4.92 Å². The fraction of sp³-hybridized carbons (Fsp3) is 0. The minimum Gasteiger partial charge on any atom is -0.285 e. The van der Waals surface area contributed by atoms with Crippen molar-refractivity contribution in [3.05, 3.63) is 38.3 Å². The van der Waals surface area contributed by atoms with Crippen LogP contribution in [0.4, 0.5) is 5.69 Å². The predicted molar refractivity (Wildman–Crippen MR) is 45.6 cm³/mol. The Balaban J connectivity index is 3.32. The number of benzene rings is 1. The molecular formula is C7H3BrNO3. The van der Waals surface area contributed by atoms with E-state index in [-0.39, 0.29) is 15.7 Å². The zero-order valence-electron chi connectivity index (χ0n) is 5.78. The molecule has 1 aromatic rings. The number of hydrogen-bond donors (Lipinski definition) is 0. The second-order valence-electron chi connectivity index (χ2n) is 2.00. The maximum atomic E-state index is 10.3. The van der Waals surface area contributed by atoms with Crippen molar-refractivity contribution >= 4 is 27.9 Å². The standard InChI is InChI=1S/C7H3BrNO3/c8-7-5(4-10)2-1-3-6(7)9(11)12/h1-3H. The van der Waals surface area contributed by atoms with Gasteiger partial charge in [-0.3, -0.25) is 14.9 Å². The highest BCUT2D eigenvalue weighted by atomic mass is 79.9. The van der Waals surface area contributed by atoms with Gasteiger partial charge in [-0.25, -0.2) is 0 Å². The Bertz CT molecular complexity index is 337. The summed E-state index contributed by atoms with van der Waals surface area (Å²) in [6.07, 6.45) is 1.59. The molecule has 0 spiro atoms. The predicted octanol–water partition coefficient (Wildman–Crippen LogP) is 1.82. The lowest BCUT2D eigenvalue weighted by molar-refractivity contribution is -0.385. The van der Waals surface area contributed by atoms with Crippen LogP contribution < -0.4 is 0 Å². The molecule has 0 aromatic heterocycles. The summed E-state index contributed by atoms with van der Waals surface area (Å²) in [4.78, 5) is 20.0. The molecule has 12 heavy (non-hydrogen) atoms. The average Bonchev–Trinajstić information content (AvgIpc) is 2.04. The normalized spacial score (nSPS) is 9.42. The molecule has 1 aromatic carbocycles. The quantitative estimate of drug-likeness (QED) is 0.573. The largest absolute Gasteiger partial charge is 0.285 e. The van der Waals surface area contributed by atoms with E-state index in [0.29, 0.717) is 0 Å². The van der Waals surface area contributed by atoms with Crippen LogP contribution >= 0.6 is 15.9 Å². The molecule has 5 heteroatoms. The number of nitro groups is 1. The van der Waals surface area contributed by atoms with Gasteiger partial charge in [0, 0.05) is 11.6 Å². The molecule has 0 amide bonds. The Labute approximate surface area is 76.5 Å². The van der Waals surface area contributed by atoms with Gasteiger partial charge in [-0.05, 0) is 22.0 Å². The van der Waals surface area contributed by atoms with Gasteiger partial charge in [0.1, 0.15) is 4.47 Å². The molecule has 0 atom stereocenters. The highest BCUT2D eigenvalue weighted by Gasteiger charge is 2.14. The third kappa shape index (κ3) is 1.50. The molecule has 0 aliphatic heterocycles. The fourth-order valence-electron chi connectivity index (χ4n) is 0.740. The number of hydrogen-bond acceptors (Lipinski definition) is 3. The lowest BCUT2D eigenvalue weighted by Crippen LogP contribution is -1.92. The Hall–Kier alpha value is -1.23.